The van der Waals surface area contributed by atoms with Crippen LogP contribution in [-0.4, -0.2) is 11.0 Å². The van der Waals surface area contributed by atoms with Crippen molar-refractivity contribution in [3.8, 4) is 0 Å². The molecule has 2 rings (SSSR count). The quantitative estimate of drug-likeness (QED) is 0.482. The summed E-state index contributed by atoms with van der Waals surface area (Å²) in [5.41, 5.74) is 4.92. The highest BCUT2D eigenvalue weighted by Gasteiger charge is 2.22. The average Bonchev–Trinajstić information content (AvgIpc) is 2.67. The zero-order valence-electron chi connectivity index (χ0n) is 9.69. The fraction of sp³-hybridized carbons (Fsp3) is 0.750. The highest BCUT2D eigenvalue weighted by molar-refractivity contribution is 7.09. The molecule has 1 aliphatic rings. The van der Waals surface area contributed by atoms with Gasteiger partial charge in [-0.2, -0.15) is 0 Å². The molecule has 1 saturated carbocycles. The van der Waals surface area contributed by atoms with Gasteiger partial charge < -0.3 is 0 Å². The normalized spacial score (nSPS) is 20.6. The van der Waals surface area contributed by atoms with Gasteiger partial charge in [0.15, 0.2) is 0 Å². The molecule has 0 amide bonds. The third-order valence-electron chi connectivity index (χ3n) is 3.59. The molecule has 1 fully saturated rings. The molecular weight excluding hydrogens is 218 g/mol. The maximum atomic E-state index is 5.71. The Morgan fingerprint density at radius 1 is 1.38 bits per heavy atom. The Labute approximate surface area is 101 Å². The predicted octanol–water partition coefficient (Wildman–Crippen LogP) is 2.49. The van der Waals surface area contributed by atoms with Crippen molar-refractivity contribution < 1.29 is 0 Å². The lowest BCUT2D eigenvalue weighted by Gasteiger charge is -2.24. The van der Waals surface area contributed by atoms with E-state index in [0.717, 1.165) is 12.3 Å². The van der Waals surface area contributed by atoms with Crippen LogP contribution in [0.25, 0.3) is 0 Å². The van der Waals surface area contributed by atoms with Crippen LogP contribution in [-0.2, 0) is 6.42 Å². The Kier molecular flexibility index (Phi) is 4.75. The van der Waals surface area contributed by atoms with Gasteiger partial charge in [0.1, 0.15) is 0 Å². The second kappa shape index (κ2) is 6.33. The summed E-state index contributed by atoms with van der Waals surface area (Å²) in [7, 11) is 0. The fourth-order valence-corrected chi connectivity index (χ4v) is 3.29. The number of nitrogens with zero attached hydrogens (tertiary/aromatic N) is 1. The van der Waals surface area contributed by atoms with Gasteiger partial charge in [-0.15, -0.1) is 11.3 Å². The molecule has 0 spiro atoms. The number of nitrogens with one attached hydrogen (secondary N) is 1. The van der Waals surface area contributed by atoms with Crippen LogP contribution in [0.15, 0.2) is 11.7 Å². The van der Waals surface area contributed by atoms with Crippen molar-refractivity contribution >= 4 is 11.3 Å². The van der Waals surface area contributed by atoms with Crippen LogP contribution in [0.4, 0.5) is 0 Å². The molecule has 16 heavy (non-hydrogen) atoms. The minimum atomic E-state index is 0.429. The molecule has 1 aliphatic carbocycles. The van der Waals surface area contributed by atoms with E-state index in [1.165, 1.54) is 43.4 Å². The first-order valence-electron chi connectivity index (χ1n) is 6.23. The van der Waals surface area contributed by atoms with Crippen molar-refractivity contribution in [1.82, 2.24) is 10.4 Å². The minimum Gasteiger partial charge on any atom is -0.271 e. The van der Waals surface area contributed by atoms with Crippen LogP contribution in [0.1, 0.15) is 43.4 Å². The first kappa shape index (κ1) is 12.0. The summed E-state index contributed by atoms with van der Waals surface area (Å²) < 4.78 is 0. The molecule has 0 bridgehead atoms. The Morgan fingerprint density at radius 2 is 2.12 bits per heavy atom. The van der Waals surface area contributed by atoms with Crippen LogP contribution in [0, 0.1) is 5.92 Å². The van der Waals surface area contributed by atoms with E-state index in [0.29, 0.717) is 6.04 Å². The van der Waals surface area contributed by atoms with E-state index in [-0.39, 0.29) is 0 Å². The molecule has 0 saturated heterocycles. The maximum absolute atomic E-state index is 5.71. The van der Waals surface area contributed by atoms with Crippen LogP contribution < -0.4 is 11.3 Å². The van der Waals surface area contributed by atoms with E-state index in [1.807, 2.05) is 11.7 Å². The minimum absolute atomic E-state index is 0.429. The van der Waals surface area contributed by atoms with Crippen LogP contribution in [0.2, 0.25) is 0 Å². The number of hydrogen-bond acceptors (Lipinski definition) is 4. The lowest BCUT2D eigenvalue weighted by Crippen LogP contribution is -2.42. The van der Waals surface area contributed by atoms with Crippen molar-refractivity contribution in [2.45, 2.75) is 51.0 Å². The number of aromatic nitrogens is 1. The van der Waals surface area contributed by atoms with Gasteiger partial charge in [-0.25, -0.2) is 0 Å². The van der Waals surface area contributed by atoms with Crippen molar-refractivity contribution in [3.63, 3.8) is 0 Å². The molecule has 3 nitrogen and oxygen atoms in total. The Bertz CT molecular complexity index is 278. The molecule has 4 heteroatoms. The van der Waals surface area contributed by atoms with Gasteiger partial charge in [0.2, 0.25) is 0 Å². The highest BCUT2D eigenvalue weighted by Crippen LogP contribution is 2.27. The molecule has 3 N–H and O–H groups in total. The van der Waals surface area contributed by atoms with Gasteiger partial charge in [0.05, 0.1) is 5.51 Å². The average molecular weight is 239 g/mol. The molecule has 1 aromatic heterocycles. The van der Waals surface area contributed by atoms with Crippen LogP contribution >= 0.6 is 11.3 Å². The molecule has 0 aromatic carbocycles. The second-order valence-electron chi connectivity index (χ2n) is 4.70. The molecule has 0 radical (unpaired) electrons. The van der Waals surface area contributed by atoms with Crippen molar-refractivity contribution in [3.05, 3.63) is 16.6 Å². The number of rotatable bonds is 4. The third-order valence-corrected chi connectivity index (χ3v) is 4.39. The fourth-order valence-electron chi connectivity index (χ4n) is 2.63. The predicted molar refractivity (Wildman–Crippen MR) is 68.1 cm³/mol. The van der Waals surface area contributed by atoms with Gasteiger partial charge in [-0.1, -0.05) is 25.7 Å². The van der Waals surface area contributed by atoms with Crippen LogP contribution in [0.5, 0.6) is 0 Å². The summed E-state index contributed by atoms with van der Waals surface area (Å²) in [5.74, 6) is 6.45. The maximum Gasteiger partial charge on any atom is 0.0794 e. The first-order valence-corrected chi connectivity index (χ1v) is 7.11. The van der Waals surface area contributed by atoms with Crippen molar-refractivity contribution in [2.24, 2.45) is 11.8 Å². The molecule has 1 atom stereocenters. The molecule has 1 aromatic rings. The standard InChI is InChI=1S/C12H21N3S/c13-15-12(7-11-8-14-9-16-11)10-5-3-1-2-4-6-10/h8-10,12,15H,1-7,13H2. The Hall–Kier alpha value is -0.450. The van der Waals surface area contributed by atoms with E-state index < -0.39 is 0 Å². The Balaban J connectivity index is 1.92. The summed E-state index contributed by atoms with van der Waals surface area (Å²) in [5, 5.41) is 0. The van der Waals surface area contributed by atoms with E-state index in [1.54, 1.807) is 11.3 Å². The highest BCUT2D eigenvalue weighted by atomic mass is 32.1. The molecule has 1 heterocycles. The van der Waals surface area contributed by atoms with Gasteiger partial charge in [-0.05, 0) is 18.8 Å². The number of thiazole rings is 1. The van der Waals surface area contributed by atoms with Crippen molar-refractivity contribution in [1.29, 1.82) is 0 Å². The summed E-state index contributed by atoms with van der Waals surface area (Å²) in [6.07, 6.45) is 11.2. The van der Waals surface area contributed by atoms with Gasteiger partial charge >= 0.3 is 0 Å². The molecular formula is C12H21N3S. The third kappa shape index (κ3) is 3.27. The lowest BCUT2D eigenvalue weighted by atomic mass is 9.90. The number of hydrazine groups is 1. The zero-order chi connectivity index (χ0) is 11.2. The summed E-state index contributed by atoms with van der Waals surface area (Å²) in [6, 6.07) is 0.429. The van der Waals surface area contributed by atoms with E-state index in [4.69, 9.17) is 5.84 Å². The summed E-state index contributed by atoms with van der Waals surface area (Å²) in [4.78, 5) is 5.46. The van der Waals surface area contributed by atoms with E-state index in [2.05, 4.69) is 10.4 Å². The molecule has 1 unspecified atom stereocenters. The number of nitrogens with two attached hydrogens (primary N) is 1. The summed E-state index contributed by atoms with van der Waals surface area (Å²) >= 11 is 1.73. The van der Waals surface area contributed by atoms with E-state index in [9.17, 15) is 0 Å². The molecule has 90 valence electrons. The largest absolute Gasteiger partial charge is 0.271 e. The van der Waals surface area contributed by atoms with Gasteiger partial charge in [-0.3, -0.25) is 16.3 Å². The topological polar surface area (TPSA) is 50.9 Å². The number of hydrogen-bond donors (Lipinski definition) is 2. The van der Waals surface area contributed by atoms with Gasteiger partial charge in [0, 0.05) is 23.5 Å². The van der Waals surface area contributed by atoms with Crippen LogP contribution in [0.3, 0.4) is 0 Å². The van der Waals surface area contributed by atoms with E-state index >= 15 is 0 Å². The molecule has 0 aliphatic heterocycles. The van der Waals surface area contributed by atoms with Crippen molar-refractivity contribution in [2.75, 3.05) is 0 Å². The monoisotopic (exact) mass is 239 g/mol. The zero-order valence-corrected chi connectivity index (χ0v) is 10.5. The lowest BCUT2D eigenvalue weighted by molar-refractivity contribution is 0.321. The summed E-state index contributed by atoms with van der Waals surface area (Å²) in [6.45, 7) is 0. The second-order valence-corrected chi connectivity index (χ2v) is 5.67. The SMILES string of the molecule is NNC(Cc1cncs1)C1CCCCCC1. The smallest absolute Gasteiger partial charge is 0.0794 e. The van der Waals surface area contributed by atoms with Gasteiger partial charge in [0.25, 0.3) is 0 Å². The first-order chi connectivity index (χ1) is 7.90. The Morgan fingerprint density at radius 3 is 2.69 bits per heavy atom.